The van der Waals surface area contributed by atoms with Crippen molar-refractivity contribution in [3.05, 3.63) is 63.7 Å². The normalized spacial score (nSPS) is 14.9. The summed E-state index contributed by atoms with van der Waals surface area (Å²) in [6.07, 6.45) is 0. The van der Waals surface area contributed by atoms with Crippen LogP contribution >= 0.6 is 0 Å². The van der Waals surface area contributed by atoms with Gasteiger partial charge in [-0.1, -0.05) is 6.07 Å². The molecule has 0 bridgehead atoms. The molecule has 0 radical (unpaired) electrons. The Morgan fingerprint density at radius 1 is 1.12 bits per heavy atom. The van der Waals surface area contributed by atoms with Crippen molar-refractivity contribution in [1.82, 2.24) is 10.2 Å². The van der Waals surface area contributed by atoms with Gasteiger partial charge < -0.3 is 15.0 Å². The van der Waals surface area contributed by atoms with Crippen LogP contribution in [0.2, 0.25) is 0 Å². The lowest BCUT2D eigenvalue weighted by molar-refractivity contribution is -0.385. The van der Waals surface area contributed by atoms with Crippen molar-refractivity contribution in [2.24, 2.45) is 0 Å². The van der Waals surface area contributed by atoms with E-state index >= 15 is 0 Å². The minimum Gasteiger partial charge on any atom is -0.378 e. The summed E-state index contributed by atoms with van der Waals surface area (Å²) in [6.45, 7) is 4.97. The quantitative estimate of drug-likeness (QED) is 0.456. The molecule has 0 aliphatic carbocycles. The monoisotopic (exact) mass is 476 g/mol. The maximum Gasteiger partial charge on any atom is 0.273 e. The van der Waals surface area contributed by atoms with Gasteiger partial charge >= 0.3 is 0 Å². The van der Waals surface area contributed by atoms with E-state index in [0.717, 1.165) is 6.07 Å². The first-order valence-electron chi connectivity index (χ1n) is 10.1. The number of nitrogens with one attached hydrogen (secondary N) is 2. The second-order valence-corrected chi connectivity index (χ2v) is 9.20. The molecule has 1 aliphatic rings. The third-order valence-electron chi connectivity index (χ3n) is 5.13. The summed E-state index contributed by atoms with van der Waals surface area (Å²) in [5.41, 5.74) is 0.457. The Kier molecular flexibility index (Phi) is 7.29. The summed E-state index contributed by atoms with van der Waals surface area (Å²) in [5.74, 6) is -0.684. The van der Waals surface area contributed by atoms with E-state index in [-0.39, 0.29) is 27.7 Å². The summed E-state index contributed by atoms with van der Waals surface area (Å²) in [6, 6.07) is 8.51. The van der Waals surface area contributed by atoms with E-state index in [0.29, 0.717) is 31.9 Å². The fourth-order valence-corrected chi connectivity index (χ4v) is 4.33. The van der Waals surface area contributed by atoms with Crippen molar-refractivity contribution >= 4 is 33.2 Å². The zero-order chi connectivity index (χ0) is 24.2. The number of nitro benzene ring substituents is 1. The van der Waals surface area contributed by atoms with E-state index in [1.54, 1.807) is 11.8 Å². The third-order valence-corrected chi connectivity index (χ3v) is 6.51. The van der Waals surface area contributed by atoms with Gasteiger partial charge in [-0.25, -0.2) is 8.42 Å². The van der Waals surface area contributed by atoms with Crippen LogP contribution in [0.25, 0.3) is 0 Å². The van der Waals surface area contributed by atoms with Crippen LogP contribution in [0.4, 0.5) is 11.4 Å². The molecule has 1 heterocycles. The SMILES string of the molecule is Cc1ccc(S(=O)(=O)Nc2ccc(C(=O)NC(C)C(=O)N3CCOCC3)cc2)cc1[N+](=O)[O-]. The second-order valence-electron chi connectivity index (χ2n) is 7.52. The Bertz CT molecular complexity index is 1160. The summed E-state index contributed by atoms with van der Waals surface area (Å²) in [7, 11) is -4.08. The number of carbonyl (C=O) groups is 2. The molecule has 1 saturated heterocycles. The van der Waals surface area contributed by atoms with Crippen molar-refractivity contribution in [2.45, 2.75) is 24.8 Å². The van der Waals surface area contributed by atoms with Gasteiger partial charge in [-0.15, -0.1) is 0 Å². The average Bonchev–Trinajstić information content (AvgIpc) is 2.79. The van der Waals surface area contributed by atoms with Crippen LogP contribution in [0.1, 0.15) is 22.8 Å². The predicted molar refractivity (Wildman–Crippen MR) is 119 cm³/mol. The van der Waals surface area contributed by atoms with E-state index < -0.39 is 26.9 Å². The van der Waals surface area contributed by atoms with Gasteiger partial charge in [-0.05, 0) is 44.2 Å². The predicted octanol–water partition coefficient (Wildman–Crippen LogP) is 1.68. The molecule has 1 fully saturated rings. The highest BCUT2D eigenvalue weighted by atomic mass is 32.2. The summed E-state index contributed by atoms with van der Waals surface area (Å²) >= 11 is 0. The number of aryl methyl sites for hydroxylation is 1. The number of morpholine rings is 1. The first-order valence-corrected chi connectivity index (χ1v) is 11.6. The molecule has 0 aromatic heterocycles. The van der Waals surface area contributed by atoms with Crippen molar-refractivity contribution in [3.63, 3.8) is 0 Å². The maximum atomic E-state index is 12.6. The number of sulfonamides is 1. The molecule has 1 unspecified atom stereocenters. The molecular weight excluding hydrogens is 452 g/mol. The summed E-state index contributed by atoms with van der Waals surface area (Å²) in [4.78, 5) is 36.7. The fraction of sp³-hybridized carbons (Fsp3) is 0.333. The van der Waals surface area contributed by atoms with Gasteiger partial charge in [-0.3, -0.25) is 24.4 Å². The molecular formula is C21H24N4O7S. The van der Waals surface area contributed by atoms with Gasteiger partial charge in [0.2, 0.25) is 5.91 Å². The number of amides is 2. The van der Waals surface area contributed by atoms with Gasteiger partial charge in [0.1, 0.15) is 6.04 Å². The Morgan fingerprint density at radius 3 is 2.36 bits per heavy atom. The van der Waals surface area contributed by atoms with Crippen LogP contribution in [0, 0.1) is 17.0 Å². The highest BCUT2D eigenvalue weighted by molar-refractivity contribution is 7.92. The number of ether oxygens (including phenoxy) is 1. The number of nitro groups is 1. The molecule has 2 aromatic rings. The second kappa shape index (κ2) is 9.96. The van der Waals surface area contributed by atoms with Crippen LogP contribution in [0.5, 0.6) is 0 Å². The maximum absolute atomic E-state index is 12.6. The first-order chi connectivity index (χ1) is 15.6. The number of anilines is 1. The van der Waals surface area contributed by atoms with Gasteiger partial charge in [0.15, 0.2) is 0 Å². The molecule has 1 aliphatic heterocycles. The fourth-order valence-electron chi connectivity index (χ4n) is 3.26. The number of nitrogens with zero attached hydrogens (tertiary/aromatic N) is 2. The van der Waals surface area contributed by atoms with Crippen molar-refractivity contribution < 1.29 is 27.7 Å². The topological polar surface area (TPSA) is 148 Å². The third kappa shape index (κ3) is 5.84. The Labute approximate surface area is 190 Å². The molecule has 12 heteroatoms. The lowest BCUT2D eigenvalue weighted by Crippen LogP contribution is -2.50. The molecule has 2 aromatic carbocycles. The molecule has 2 N–H and O–H groups in total. The Balaban J connectivity index is 1.66. The van der Waals surface area contributed by atoms with Crippen LogP contribution in [-0.2, 0) is 19.6 Å². The summed E-state index contributed by atoms with van der Waals surface area (Å²) < 4.78 is 32.8. The average molecular weight is 477 g/mol. The highest BCUT2D eigenvalue weighted by Gasteiger charge is 2.24. The van der Waals surface area contributed by atoms with Crippen molar-refractivity contribution in [3.8, 4) is 0 Å². The van der Waals surface area contributed by atoms with Crippen LogP contribution in [-0.4, -0.2) is 62.4 Å². The van der Waals surface area contributed by atoms with E-state index in [1.807, 2.05) is 0 Å². The number of hydrogen-bond donors (Lipinski definition) is 2. The molecule has 3 rings (SSSR count). The standard InChI is InChI=1S/C21H24N4O7S/c1-14-3-8-18(13-19(14)25(28)29)33(30,31)23-17-6-4-16(5-7-17)20(26)22-15(2)21(27)24-9-11-32-12-10-24/h3-8,13,15,23H,9-12H2,1-2H3,(H,22,26). The zero-order valence-corrected chi connectivity index (χ0v) is 18.9. The van der Waals surface area contributed by atoms with Crippen molar-refractivity contribution in [2.75, 3.05) is 31.0 Å². The van der Waals surface area contributed by atoms with Crippen LogP contribution in [0.3, 0.4) is 0 Å². The highest BCUT2D eigenvalue weighted by Crippen LogP contribution is 2.24. The van der Waals surface area contributed by atoms with Crippen molar-refractivity contribution in [1.29, 1.82) is 0 Å². The van der Waals surface area contributed by atoms with Gasteiger partial charge in [0.25, 0.3) is 21.6 Å². The largest absolute Gasteiger partial charge is 0.378 e. The lowest BCUT2D eigenvalue weighted by atomic mass is 10.1. The first kappa shape index (κ1) is 24.1. The number of carbonyl (C=O) groups excluding carboxylic acids is 2. The minimum absolute atomic E-state index is 0.173. The molecule has 33 heavy (non-hydrogen) atoms. The molecule has 11 nitrogen and oxygen atoms in total. The zero-order valence-electron chi connectivity index (χ0n) is 18.1. The number of hydrogen-bond acceptors (Lipinski definition) is 7. The number of benzene rings is 2. The number of rotatable bonds is 7. The van der Waals surface area contributed by atoms with Crippen LogP contribution < -0.4 is 10.0 Å². The molecule has 176 valence electrons. The van der Waals surface area contributed by atoms with E-state index in [4.69, 9.17) is 4.74 Å². The van der Waals surface area contributed by atoms with Gasteiger partial charge in [0, 0.05) is 36.0 Å². The minimum atomic E-state index is -4.08. The molecule has 1 atom stereocenters. The smallest absolute Gasteiger partial charge is 0.273 e. The van der Waals surface area contributed by atoms with E-state index in [9.17, 15) is 28.1 Å². The Morgan fingerprint density at radius 2 is 1.76 bits per heavy atom. The van der Waals surface area contributed by atoms with Crippen LogP contribution in [0.15, 0.2) is 47.4 Å². The molecule has 2 amide bonds. The summed E-state index contributed by atoms with van der Waals surface area (Å²) in [5, 5.41) is 13.7. The van der Waals surface area contributed by atoms with E-state index in [2.05, 4.69) is 10.0 Å². The molecule has 0 saturated carbocycles. The molecule has 0 spiro atoms. The lowest BCUT2D eigenvalue weighted by Gasteiger charge is -2.29. The van der Waals surface area contributed by atoms with Gasteiger partial charge in [0.05, 0.1) is 23.0 Å². The van der Waals surface area contributed by atoms with Gasteiger partial charge in [-0.2, -0.15) is 0 Å². The van der Waals surface area contributed by atoms with E-state index in [1.165, 1.54) is 43.3 Å². The Hall–Kier alpha value is -3.51.